The fraction of sp³-hybridized carbons (Fsp3) is 0.467. The van der Waals surface area contributed by atoms with E-state index in [4.69, 9.17) is 5.11 Å². The molecule has 8 heteroatoms. The van der Waals surface area contributed by atoms with Crippen LogP contribution in [0.15, 0.2) is 29.2 Å². The Balaban J connectivity index is 1.75. The van der Waals surface area contributed by atoms with Crippen LogP contribution in [0.2, 0.25) is 0 Å². The maximum Gasteiger partial charge on any atom is 0.323 e. The van der Waals surface area contributed by atoms with Crippen molar-refractivity contribution in [3.8, 4) is 0 Å². The lowest BCUT2D eigenvalue weighted by Crippen LogP contribution is -2.37. The Labute approximate surface area is 134 Å². The van der Waals surface area contributed by atoms with Gasteiger partial charge in [0.05, 0.1) is 4.90 Å². The van der Waals surface area contributed by atoms with Gasteiger partial charge in [-0.1, -0.05) is 0 Å². The topological polar surface area (TPSA) is 104 Å². The van der Waals surface area contributed by atoms with Crippen LogP contribution in [0, 0.1) is 0 Å². The molecular formula is C15H18N2O5S. The molecular weight excluding hydrogens is 320 g/mol. The molecule has 0 heterocycles. The van der Waals surface area contributed by atoms with Gasteiger partial charge in [0.2, 0.25) is 10.0 Å². The number of hydrogen-bond acceptors (Lipinski definition) is 4. The van der Waals surface area contributed by atoms with E-state index in [1.165, 1.54) is 29.2 Å². The van der Waals surface area contributed by atoms with Gasteiger partial charge < -0.3 is 10.0 Å². The molecule has 124 valence electrons. The molecule has 2 saturated carbocycles. The van der Waals surface area contributed by atoms with Crippen molar-refractivity contribution in [1.29, 1.82) is 0 Å². The number of aliphatic carboxylic acids is 1. The van der Waals surface area contributed by atoms with E-state index in [2.05, 4.69) is 4.72 Å². The number of carboxylic acid groups (broad SMARTS) is 1. The smallest absolute Gasteiger partial charge is 0.323 e. The number of amides is 1. The Morgan fingerprint density at radius 1 is 1.13 bits per heavy atom. The first-order valence-electron chi connectivity index (χ1n) is 7.52. The minimum absolute atomic E-state index is 0.0160. The van der Waals surface area contributed by atoms with Gasteiger partial charge in [0, 0.05) is 17.6 Å². The minimum Gasteiger partial charge on any atom is -0.480 e. The highest BCUT2D eigenvalue weighted by Gasteiger charge is 2.34. The summed E-state index contributed by atoms with van der Waals surface area (Å²) in [6.45, 7) is -0.340. The van der Waals surface area contributed by atoms with E-state index < -0.39 is 16.0 Å². The van der Waals surface area contributed by atoms with E-state index in [0.717, 1.165) is 25.7 Å². The van der Waals surface area contributed by atoms with Gasteiger partial charge in [-0.3, -0.25) is 9.59 Å². The van der Waals surface area contributed by atoms with Crippen molar-refractivity contribution in [3.05, 3.63) is 29.8 Å². The molecule has 0 unspecified atom stereocenters. The number of benzene rings is 1. The Bertz CT molecular complexity index is 721. The summed E-state index contributed by atoms with van der Waals surface area (Å²) in [6, 6.07) is 5.61. The molecule has 0 aliphatic heterocycles. The number of rotatable bonds is 7. The fourth-order valence-corrected chi connectivity index (χ4v) is 3.63. The van der Waals surface area contributed by atoms with E-state index in [1.54, 1.807) is 0 Å². The van der Waals surface area contributed by atoms with Crippen LogP contribution in [0.4, 0.5) is 0 Å². The predicted octanol–water partition coefficient (Wildman–Crippen LogP) is 0.817. The van der Waals surface area contributed by atoms with Crippen molar-refractivity contribution in [2.45, 2.75) is 42.7 Å². The lowest BCUT2D eigenvalue weighted by Gasteiger charge is -2.20. The Morgan fingerprint density at radius 2 is 1.74 bits per heavy atom. The normalized spacial score (nSPS) is 17.7. The fourth-order valence-electron chi connectivity index (χ4n) is 2.33. The van der Waals surface area contributed by atoms with E-state index in [1.807, 2.05) is 0 Å². The largest absolute Gasteiger partial charge is 0.480 e. The Kier molecular flexibility index (Phi) is 4.11. The zero-order valence-corrected chi connectivity index (χ0v) is 13.3. The van der Waals surface area contributed by atoms with E-state index in [9.17, 15) is 18.0 Å². The number of carbonyl (C=O) groups excluding carboxylic acids is 1. The zero-order valence-electron chi connectivity index (χ0n) is 12.4. The van der Waals surface area contributed by atoms with Crippen molar-refractivity contribution in [2.24, 2.45) is 0 Å². The van der Waals surface area contributed by atoms with Crippen LogP contribution in [0.5, 0.6) is 0 Å². The molecule has 0 bridgehead atoms. The molecule has 2 aliphatic carbocycles. The predicted molar refractivity (Wildman–Crippen MR) is 81.5 cm³/mol. The third-order valence-electron chi connectivity index (χ3n) is 3.86. The zero-order chi connectivity index (χ0) is 16.6. The number of carboxylic acids is 1. The molecule has 0 aromatic heterocycles. The summed E-state index contributed by atoms with van der Waals surface area (Å²) in [5.41, 5.74) is 0.295. The van der Waals surface area contributed by atoms with Crippen molar-refractivity contribution in [3.63, 3.8) is 0 Å². The van der Waals surface area contributed by atoms with E-state index in [-0.39, 0.29) is 29.4 Å². The summed E-state index contributed by atoms with van der Waals surface area (Å²) in [7, 11) is -3.55. The van der Waals surface area contributed by atoms with Crippen LogP contribution < -0.4 is 4.72 Å². The van der Waals surface area contributed by atoms with Gasteiger partial charge in [-0.05, 0) is 49.9 Å². The highest BCUT2D eigenvalue weighted by atomic mass is 32.2. The molecule has 2 aliphatic rings. The van der Waals surface area contributed by atoms with Gasteiger partial charge in [-0.2, -0.15) is 0 Å². The standard InChI is InChI=1S/C15H18N2O5S/c18-14(19)9-17(12-5-6-12)15(20)10-1-7-13(8-2-10)23(21,22)16-11-3-4-11/h1-2,7-8,11-12,16H,3-6,9H2,(H,18,19). The second kappa shape index (κ2) is 5.93. The van der Waals surface area contributed by atoms with E-state index in [0.29, 0.717) is 5.56 Å². The van der Waals surface area contributed by atoms with Crippen LogP contribution in [0.3, 0.4) is 0 Å². The van der Waals surface area contributed by atoms with Gasteiger partial charge in [-0.25, -0.2) is 13.1 Å². The quantitative estimate of drug-likeness (QED) is 0.766. The van der Waals surface area contributed by atoms with Crippen LogP contribution in [-0.4, -0.2) is 48.9 Å². The van der Waals surface area contributed by atoms with Gasteiger partial charge >= 0.3 is 5.97 Å². The third-order valence-corrected chi connectivity index (χ3v) is 5.40. The Morgan fingerprint density at radius 3 is 2.22 bits per heavy atom. The molecule has 2 fully saturated rings. The first-order chi connectivity index (χ1) is 10.9. The van der Waals surface area contributed by atoms with Crippen LogP contribution in [0.25, 0.3) is 0 Å². The number of sulfonamides is 1. The average molecular weight is 338 g/mol. The summed E-state index contributed by atoms with van der Waals surface area (Å²) in [6.07, 6.45) is 3.30. The Hall–Kier alpha value is -1.93. The van der Waals surface area contributed by atoms with Gasteiger partial charge in [-0.15, -0.1) is 0 Å². The van der Waals surface area contributed by atoms with Crippen LogP contribution in [-0.2, 0) is 14.8 Å². The highest BCUT2D eigenvalue weighted by Crippen LogP contribution is 2.28. The monoisotopic (exact) mass is 338 g/mol. The molecule has 0 atom stereocenters. The summed E-state index contributed by atoms with van der Waals surface area (Å²) < 4.78 is 26.7. The number of nitrogens with one attached hydrogen (secondary N) is 1. The maximum atomic E-state index is 12.4. The number of hydrogen-bond donors (Lipinski definition) is 2. The molecule has 2 N–H and O–H groups in total. The molecule has 23 heavy (non-hydrogen) atoms. The van der Waals surface area contributed by atoms with Gasteiger partial charge in [0.15, 0.2) is 0 Å². The highest BCUT2D eigenvalue weighted by molar-refractivity contribution is 7.89. The number of nitrogens with zero attached hydrogens (tertiary/aromatic N) is 1. The second-order valence-corrected chi connectivity index (χ2v) is 7.69. The minimum atomic E-state index is -3.55. The first kappa shape index (κ1) is 15.9. The molecule has 0 saturated heterocycles. The first-order valence-corrected chi connectivity index (χ1v) is 9.00. The van der Waals surface area contributed by atoms with E-state index >= 15 is 0 Å². The molecule has 7 nitrogen and oxygen atoms in total. The van der Waals surface area contributed by atoms with Gasteiger partial charge in [0.1, 0.15) is 6.54 Å². The van der Waals surface area contributed by atoms with Crippen molar-refractivity contribution < 1.29 is 23.1 Å². The molecule has 3 rings (SSSR count). The lowest BCUT2D eigenvalue weighted by molar-refractivity contribution is -0.137. The summed E-state index contributed by atoms with van der Waals surface area (Å²) in [5.74, 6) is -1.44. The number of carbonyl (C=O) groups is 2. The summed E-state index contributed by atoms with van der Waals surface area (Å²) in [4.78, 5) is 24.7. The SMILES string of the molecule is O=C(O)CN(C(=O)c1ccc(S(=O)(=O)NC2CC2)cc1)C1CC1. The van der Waals surface area contributed by atoms with Crippen molar-refractivity contribution >= 4 is 21.9 Å². The summed E-state index contributed by atoms with van der Waals surface area (Å²) in [5, 5.41) is 8.92. The second-order valence-electron chi connectivity index (χ2n) is 5.98. The molecule has 1 aromatic rings. The van der Waals surface area contributed by atoms with Crippen LogP contribution >= 0.6 is 0 Å². The third kappa shape index (κ3) is 3.89. The van der Waals surface area contributed by atoms with Crippen molar-refractivity contribution in [2.75, 3.05) is 6.54 Å². The van der Waals surface area contributed by atoms with Gasteiger partial charge in [0.25, 0.3) is 5.91 Å². The van der Waals surface area contributed by atoms with Crippen molar-refractivity contribution in [1.82, 2.24) is 9.62 Å². The molecule has 1 amide bonds. The maximum absolute atomic E-state index is 12.4. The molecule has 0 radical (unpaired) electrons. The average Bonchev–Trinajstić information content (AvgIpc) is 3.37. The van der Waals surface area contributed by atoms with Crippen LogP contribution in [0.1, 0.15) is 36.0 Å². The summed E-state index contributed by atoms with van der Waals surface area (Å²) >= 11 is 0. The lowest BCUT2D eigenvalue weighted by atomic mass is 10.2. The molecule has 1 aromatic carbocycles. The molecule has 0 spiro atoms.